The molecule has 3 N–H and O–H groups in total. The molecule has 0 aliphatic carbocycles. The number of primary sulfonamides is 1. The SMILES string of the molecule is C/C=C/C(=O)OCC(=O)Nc1ccc(S(N)(=O)=O)cc1. The maximum absolute atomic E-state index is 11.4. The van der Waals surface area contributed by atoms with Crippen molar-refractivity contribution in [2.45, 2.75) is 11.8 Å². The third-order valence-electron chi connectivity index (χ3n) is 2.11. The number of allylic oxidation sites excluding steroid dienone is 1. The van der Waals surface area contributed by atoms with E-state index in [1.165, 1.54) is 36.4 Å². The van der Waals surface area contributed by atoms with Crippen molar-refractivity contribution >= 4 is 27.6 Å². The van der Waals surface area contributed by atoms with Crippen LogP contribution in [0.15, 0.2) is 41.3 Å². The van der Waals surface area contributed by atoms with Crippen molar-refractivity contribution in [2.75, 3.05) is 11.9 Å². The molecule has 8 heteroatoms. The first-order valence-corrected chi connectivity index (χ1v) is 7.09. The van der Waals surface area contributed by atoms with Gasteiger partial charge in [-0.2, -0.15) is 0 Å². The summed E-state index contributed by atoms with van der Waals surface area (Å²) in [6.45, 7) is 1.22. The van der Waals surface area contributed by atoms with Crippen LogP contribution in [0.4, 0.5) is 5.69 Å². The van der Waals surface area contributed by atoms with Crippen LogP contribution >= 0.6 is 0 Å². The van der Waals surface area contributed by atoms with E-state index in [1.807, 2.05) is 0 Å². The van der Waals surface area contributed by atoms with Crippen molar-refractivity contribution in [1.29, 1.82) is 0 Å². The van der Waals surface area contributed by atoms with E-state index < -0.39 is 28.5 Å². The van der Waals surface area contributed by atoms with E-state index in [9.17, 15) is 18.0 Å². The Morgan fingerprint density at radius 2 is 1.90 bits per heavy atom. The van der Waals surface area contributed by atoms with Crippen molar-refractivity contribution in [3.63, 3.8) is 0 Å². The Morgan fingerprint density at radius 1 is 1.30 bits per heavy atom. The van der Waals surface area contributed by atoms with Crippen molar-refractivity contribution in [1.82, 2.24) is 0 Å². The van der Waals surface area contributed by atoms with Crippen LogP contribution in [0.25, 0.3) is 0 Å². The number of esters is 1. The first-order chi connectivity index (χ1) is 9.32. The second-order valence-corrected chi connectivity index (χ2v) is 5.29. The van der Waals surface area contributed by atoms with Gasteiger partial charge in [0.1, 0.15) is 0 Å². The van der Waals surface area contributed by atoms with Crippen LogP contribution in [0.1, 0.15) is 6.92 Å². The summed E-state index contributed by atoms with van der Waals surface area (Å²) in [5.74, 6) is -1.15. The molecule has 0 aliphatic heterocycles. The molecular weight excluding hydrogens is 284 g/mol. The molecule has 0 bridgehead atoms. The maximum atomic E-state index is 11.4. The zero-order chi connectivity index (χ0) is 15.2. The predicted molar refractivity (Wildman–Crippen MR) is 72.2 cm³/mol. The van der Waals surface area contributed by atoms with Crippen LogP contribution in [0.2, 0.25) is 0 Å². The first-order valence-electron chi connectivity index (χ1n) is 5.55. The van der Waals surface area contributed by atoms with Gasteiger partial charge < -0.3 is 10.1 Å². The number of rotatable bonds is 5. The third-order valence-corrected chi connectivity index (χ3v) is 3.04. The van der Waals surface area contributed by atoms with Crippen LogP contribution in [-0.4, -0.2) is 26.9 Å². The minimum atomic E-state index is -3.77. The molecule has 7 nitrogen and oxygen atoms in total. The highest BCUT2D eigenvalue weighted by molar-refractivity contribution is 7.89. The predicted octanol–water partition coefficient (Wildman–Crippen LogP) is 0.392. The molecule has 1 aromatic carbocycles. The number of nitrogens with one attached hydrogen (secondary N) is 1. The molecule has 0 aliphatic rings. The van der Waals surface area contributed by atoms with Crippen LogP contribution in [0.5, 0.6) is 0 Å². The average Bonchev–Trinajstić information content (AvgIpc) is 2.36. The van der Waals surface area contributed by atoms with Gasteiger partial charge in [-0.3, -0.25) is 4.79 Å². The highest BCUT2D eigenvalue weighted by Gasteiger charge is 2.09. The standard InChI is InChI=1S/C12H14N2O5S/c1-2-3-12(16)19-8-11(15)14-9-4-6-10(7-5-9)20(13,17)18/h2-7H,8H2,1H3,(H,14,15)(H2,13,17,18)/b3-2+. The van der Waals surface area contributed by atoms with Crippen molar-refractivity contribution in [3.05, 3.63) is 36.4 Å². The molecule has 20 heavy (non-hydrogen) atoms. The summed E-state index contributed by atoms with van der Waals surface area (Å²) in [4.78, 5) is 22.4. The van der Waals surface area contributed by atoms with Crippen LogP contribution < -0.4 is 10.5 Å². The number of nitrogens with two attached hydrogens (primary N) is 1. The van der Waals surface area contributed by atoms with E-state index in [4.69, 9.17) is 5.14 Å². The topological polar surface area (TPSA) is 116 Å². The number of carbonyl (C=O) groups excluding carboxylic acids is 2. The number of anilines is 1. The van der Waals surface area contributed by atoms with Gasteiger partial charge >= 0.3 is 5.97 Å². The second-order valence-electron chi connectivity index (χ2n) is 3.73. The third kappa shape index (κ3) is 5.21. The molecule has 0 fully saturated rings. The Morgan fingerprint density at radius 3 is 2.40 bits per heavy atom. The number of amides is 1. The fourth-order valence-corrected chi connectivity index (χ4v) is 1.76. The smallest absolute Gasteiger partial charge is 0.330 e. The number of sulfonamides is 1. The van der Waals surface area contributed by atoms with Gasteiger partial charge in [-0.15, -0.1) is 0 Å². The van der Waals surface area contributed by atoms with Crippen molar-refractivity contribution < 1.29 is 22.7 Å². The molecular formula is C12H14N2O5S. The Balaban J connectivity index is 2.57. The molecule has 0 aromatic heterocycles. The second kappa shape index (κ2) is 6.83. The monoisotopic (exact) mass is 298 g/mol. The quantitative estimate of drug-likeness (QED) is 0.602. The summed E-state index contributed by atoms with van der Waals surface area (Å²) < 4.78 is 26.7. The average molecular weight is 298 g/mol. The van der Waals surface area contributed by atoms with E-state index in [1.54, 1.807) is 6.92 Å². The molecule has 1 rings (SSSR count). The molecule has 0 saturated carbocycles. The Labute approximate surface area is 116 Å². The van der Waals surface area contributed by atoms with Crippen LogP contribution in [0.3, 0.4) is 0 Å². The van der Waals surface area contributed by atoms with Gasteiger partial charge in [-0.25, -0.2) is 18.4 Å². The highest BCUT2D eigenvalue weighted by atomic mass is 32.2. The van der Waals surface area contributed by atoms with E-state index in [2.05, 4.69) is 10.1 Å². The van der Waals surface area contributed by atoms with Crippen LogP contribution in [-0.2, 0) is 24.3 Å². The maximum Gasteiger partial charge on any atom is 0.330 e. The fourth-order valence-electron chi connectivity index (χ4n) is 1.25. The molecule has 1 aromatic rings. The molecule has 0 saturated heterocycles. The lowest BCUT2D eigenvalue weighted by Crippen LogP contribution is -2.20. The Kier molecular flexibility index (Phi) is 5.42. The first kappa shape index (κ1) is 15.9. The molecule has 0 atom stereocenters. The summed E-state index contributed by atoms with van der Waals surface area (Å²) >= 11 is 0. The van der Waals surface area contributed by atoms with Gasteiger partial charge in [-0.05, 0) is 31.2 Å². The lowest BCUT2D eigenvalue weighted by Gasteiger charge is -2.06. The number of carbonyl (C=O) groups is 2. The Hall–Kier alpha value is -2.19. The molecule has 108 valence electrons. The van der Waals surface area contributed by atoms with E-state index >= 15 is 0 Å². The highest BCUT2D eigenvalue weighted by Crippen LogP contribution is 2.12. The van der Waals surface area contributed by atoms with Gasteiger partial charge in [0.15, 0.2) is 6.61 Å². The van der Waals surface area contributed by atoms with Crippen molar-refractivity contribution in [2.24, 2.45) is 5.14 Å². The van der Waals surface area contributed by atoms with Gasteiger partial charge in [-0.1, -0.05) is 6.08 Å². The summed E-state index contributed by atoms with van der Waals surface area (Å²) in [6.07, 6.45) is 2.68. The van der Waals surface area contributed by atoms with Gasteiger partial charge in [0.25, 0.3) is 5.91 Å². The molecule has 0 spiro atoms. The van der Waals surface area contributed by atoms with Crippen molar-refractivity contribution in [3.8, 4) is 0 Å². The summed E-state index contributed by atoms with van der Waals surface area (Å²) in [5.41, 5.74) is 0.365. The minimum absolute atomic E-state index is 0.0602. The molecule has 0 radical (unpaired) electrons. The zero-order valence-corrected chi connectivity index (χ0v) is 11.5. The number of hydrogen-bond acceptors (Lipinski definition) is 5. The van der Waals surface area contributed by atoms with E-state index in [0.717, 1.165) is 0 Å². The number of ether oxygens (including phenoxy) is 1. The van der Waals surface area contributed by atoms with E-state index in [-0.39, 0.29) is 4.90 Å². The summed E-state index contributed by atoms with van der Waals surface area (Å²) in [5, 5.41) is 7.38. The summed E-state index contributed by atoms with van der Waals surface area (Å²) in [6, 6.07) is 5.28. The fraction of sp³-hybridized carbons (Fsp3) is 0.167. The van der Waals surface area contributed by atoms with Crippen LogP contribution in [0, 0.1) is 0 Å². The molecule has 1 amide bonds. The summed E-state index contributed by atoms with van der Waals surface area (Å²) in [7, 11) is -3.77. The number of hydrogen-bond donors (Lipinski definition) is 2. The Bertz CT molecular complexity index is 620. The molecule has 0 unspecified atom stereocenters. The van der Waals surface area contributed by atoms with Gasteiger partial charge in [0.2, 0.25) is 10.0 Å². The largest absolute Gasteiger partial charge is 0.452 e. The number of benzene rings is 1. The normalized spacial score (nSPS) is 11.3. The van der Waals surface area contributed by atoms with Gasteiger partial charge in [0.05, 0.1) is 4.90 Å². The molecule has 0 heterocycles. The van der Waals surface area contributed by atoms with Gasteiger partial charge in [0, 0.05) is 11.8 Å². The minimum Gasteiger partial charge on any atom is -0.452 e. The van der Waals surface area contributed by atoms with E-state index in [0.29, 0.717) is 5.69 Å². The lowest BCUT2D eigenvalue weighted by atomic mass is 10.3. The zero-order valence-electron chi connectivity index (χ0n) is 10.7. The lowest BCUT2D eigenvalue weighted by molar-refractivity contribution is -0.142.